The Morgan fingerprint density at radius 1 is 1.10 bits per heavy atom. The van der Waals surface area contributed by atoms with Crippen LogP contribution < -0.4 is 5.32 Å². The fourth-order valence-corrected chi connectivity index (χ4v) is 4.02. The van der Waals surface area contributed by atoms with E-state index in [4.69, 9.17) is 4.74 Å². The van der Waals surface area contributed by atoms with Crippen molar-refractivity contribution in [3.63, 3.8) is 0 Å². The molecular weight excluding hydrogens is 272 g/mol. The van der Waals surface area contributed by atoms with Crippen LogP contribution in [0.2, 0.25) is 0 Å². The van der Waals surface area contributed by atoms with Crippen LogP contribution in [0.25, 0.3) is 0 Å². The van der Waals surface area contributed by atoms with E-state index in [9.17, 15) is 14.7 Å². The number of carbonyl (C=O) groups excluding carboxylic acids is 1. The van der Waals surface area contributed by atoms with E-state index >= 15 is 0 Å². The molecule has 2 aliphatic carbocycles. The number of urea groups is 1. The summed E-state index contributed by atoms with van der Waals surface area (Å²) in [4.78, 5) is 25.7. The summed E-state index contributed by atoms with van der Waals surface area (Å²) >= 11 is 0. The minimum Gasteiger partial charge on any atom is -0.481 e. The average molecular weight is 296 g/mol. The maximum absolute atomic E-state index is 12.5. The number of hydrogen-bond donors (Lipinski definition) is 2. The number of carbonyl (C=O) groups is 2. The number of morpholine rings is 1. The van der Waals surface area contributed by atoms with Crippen molar-refractivity contribution >= 4 is 12.0 Å². The molecule has 2 N–H and O–H groups in total. The molecule has 0 bridgehead atoms. The van der Waals surface area contributed by atoms with E-state index < -0.39 is 11.9 Å². The number of fused-ring (bicyclic) bond motifs is 1. The lowest BCUT2D eigenvalue weighted by Crippen LogP contribution is -2.57. The minimum absolute atomic E-state index is 0.103. The molecule has 0 aromatic carbocycles. The molecule has 3 fully saturated rings. The lowest BCUT2D eigenvalue weighted by molar-refractivity contribution is -0.143. The fraction of sp³-hybridized carbons (Fsp3) is 0.867. The van der Waals surface area contributed by atoms with E-state index in [1.165, 1.54) is 0 Å². The molecule has 3 rings (SSSR count). The van der Waals surface area contributed by atoms with Crippen LogP contribution in [0.15, 0.2) is 0 Å². The molecule has 1 saturated heterocycles. The SMILES string of the molecule is O=C(O)C1CCCCC1NC(=O)N1CCOC2CCCC21. The minimum atomic E-state index is -0.791. The topological polar surface area (TPSA) is 78.9 Å². The van der Waals surface area contributed by atoms with Crippen LogP contribution in [-0.2, 0) is 9.53 Å². The van der Waals surface area contributed by atoms with Crippen LogP contribution in [0.4, 0.5) is 4.79 Å². The van der Waals surface area contributed by atoms with Crippen molar-refractivity contribution in [1.82, 2.24) is 10.2 Å². The number of nitrogens with zero attached hydrogens (tertiary/aromatic N) is 1. The van der Waals surface area contributed by atoms with Gasteiger partial charge >= 0.3 is 12.0 Å². The van der Waals surface area contributed by atoms with E-state index in [-0.39, 0.29) is 24.2 Å². The van der Waals surface area contributed by atoms with Crippen LogP contribution in [-0.4, -0.2) is 53.3 Å². The van der Waals surface area contributed by atoms with Gasteiger partial charge in [0.2, 0.25) is 0 Å². The van der Waals surface area contributed by atoms with E-state index in [0.717, 1.165) is 38.5 Å². The van der Waals surface area contributed by atoms with Gasteiger partial charge in [0, 0.05) is 12.6 Å². The summed E-state index contributed by atoms with van der Waals surface area (Å²) in [6.45, 7) is 1.19. The summed E-state index contributed by atoms with van der Waals surface area (Å²) in [6.07, 6.45) is 6.64. The summed E-state index contributed by atoms with van der Waals surface area (Å²) in [7, 11) is 0. The van der Waals surface area contributed by atoms with Gasteiger partial charge in [-0.25, -0.2) is 4.79 Å². The first-order valence-corrected chi connectivity index (χ1v) is 8.08. The zero-order valence-corrected chi connectivity index (χ0v) is 12.3. The first kappa shape index (κ1) is 14.6. The van der Waals surface area contributed by atoms with E-state index in [0.29, 0.717) is 19.6 Å². The molecule has 2 saturated carbocycles. The number of carboxylic acids is 1. The third-order valence-electron chi connectivity index (χ3n) is 5.14. The van der Waals surface area contributed by atoms with Crippen LogP contribution in [0.1, 0.15) is 44.9 Å². The number of ether oxygens (including phenoxy) is 1. The van der Waals surface area contributed by atoms with Crippen LogP contribution in [0, 0.1) is 5.92 Å². The Bertz CT molecular complexity index is 414. The monoisotopic (exact) mass is 296 g/mol. The van der Waals surface area contributed by atoms with Crippen LogP contribution in [0.5, 0.6) is 0 Å². The van der Waals surface area contributed by atoms with Crippen molar-refractivity contribution in [3.05, 3.63) is 0 Å². The Hall–Kier alpha value is -1.30. The second-order valence-electron chi connectivity index (χ2n) is 6.39. The van der Waals surface area contributed by atoms with Crippen molar-refractivity contribution in [3.8, 4) is 0 Å². The summed E-state index contributed by atoms with van der Waals surface area (Å²) < 4.78 is 5.72. The molecule has 21 heavy (non-hydrogen) atoms. The molecule has 3 aliphatic rings. The number of aliphatic carboxylic acids is 1. The molecule has 4 atom stereocenters. The quantitative estimate of drug-likeness (QED) is 0.811. The predicted octanol–water partition coefficient (Wildman–Crippen LogP) is 1.59. The summed E-state index contributed by atoms with van der Waals surface area (Å²) in [5.41, 5.74) is 0. The maximum Gasteiger partial charge on any atom is 0.318 e. The Balaban J connectivity index is 1.63. The molecule has 1 heterocycles. The van der Waals surface area contributed by atoms with Crippen molar-refractivity contribution in [2.75, 3.05) is 13.2 Å². The zero-order chi connectivity index (χ0) is 14.8. The molecule has 118 valence electrons. The molecule has 0 aromatic rings. The van der Waals surface area contributed by atoms with E-state index in [1.54, 1.807) is 0 Å². The van der Waals surface area contributed by atoms with Gasteiger partial charge in [-0.05, 0) is 32.1 Å². The van der Waals surface area contributed by atoms with Gasteiger partial charge in [0.05, 0.1) is 24.7 Å². The smallest absolute Gasteiger partial charge is 0.318 e. The first-order chi connectivity index (χ1) is 10.2. The summed E-state index contributed by atoms with van der Waals surface area (Å²) in [5.74, 6) is -1.23. The molecule has 2 amide bonds. The molecule has 4 unspecified atom stereocenters. The van der Waals surface area contributed by atoms with Gasteiger partial charge in [-0.1, -0.05) is 12.8 Å². The van der Waals surface area contributed by atoms with Gasteiger partial charge in [0.1, 0.15) is 0 Å². The molecule has 0 spiro atoms. The highest BCUT2D eigenvalue weighted by molar-refractivity contribution is 5.77. The second kappa shape index (κ2) is 6.22. The van der Waals surface area contributed by atoms with E-state index in [1.807, 2.05) is 4.90 Å². The van der Waals surface area contributed by atoms with Gasteiger partial charge in [-0.3, -0.25) is 4.79 Å². The highest BCUT2D eigenvalue weighted by Crippen LogP contribution is 2.30. The lowest BCUT2D eigenvalue weighted by Gasteiger charge is -2.39. The summed E-state index contributed by atoms with van der Waals surface area (Å²) in [6, 6.07) is -0.162. The van der Waals surface area contributed by atoms with Crippen LogP contribution in [0.3, 0.4) is 0 Å². The van der Waals surface area contributed by atoms with Crippen molar-refractivity contribution in [1.29, 1.82) is 0 Å². The largest absolute Gasteiger partial charge is 0.481 e. The Morgan fingerprint density at radius 2 is 1.90 bits per heavy atom. The van der Waals surface area contributed by atoms with Crippen LogP contribution >= 0.6 is 0 Å². The number of nitrogens with one attached hydrogen (secondary N) is 1. The Labute approximate surface area is 124 Å². The molecular formula is C15H24N2O4. The van der Waals surface area contributed by atoms with Crippen molar-refractivity contribution < 1.29 is 19.4 Å². The van der Waals surface area contributed by atoms with Gasteiger partial charge < -0.3 is 20.1 Å². The number of amides is 2. The fourth-order valence-electron chi connectivity index (χ4n) is 4.02. The van der Waals surface area contributed by atoms with Gasteiger partial charge in [0.15, 0.2) is 0 Å². The van der Waals surface area contributed by atoms with Crippen molar-refractivity contribution in [2.24, 2.45) is 5.92 Å². The molecule has 0 aromatic heterocycles. The zero-order valence-electron chi connectivity index (χ0n) is 12.3. The maximum atomic E-state index is 12.5. The average Bonchev–Trinajstić information content (AvgIpc) is 2.95. The highest BCUT2D eigenvalue weighted by atomic mass is 16.5. The highest BCUT2D eigenvalue weighted by Gasteiger charge is 2.40. The first-order valence-electron chi connectivity index (χ1n) is 8.08. The van der Waals surface area contributed by atoms with Gasteiger partial charge in [0.25, 0.3) is 0 Å². The third kappa shape index (κ3) is 3.00. The number of carboxylic acid groups (broad SMARTS) is 1. The molecule has 6 nitrogen and oxygen atoms in total. The number of hydrogen-bond acceptors (Lipinski definition) is 3. The second-order valence-corrected chi connectivity index (χ2v) is 6.39. The number of rotatable bonds is 2. The Morgan fingerprint density at radius 3 is 2.71 bits per heavy atom. The predicted molar refractivity (Wildman–Crippen MR) is 76.0 cm³/mol. The molecule has 1 aliphatic heterocycles. The standard InChI is InChI=1S/C15H24N2O4/c18-14(19)10-4-1-2-5-11(10)16-15(20)17-8-9-21-13-7-3-6-12(13)17/h10-13H,1-9H2,(H,16,20)(H,18,19). The van der Waals surface area contributed by atoms with Gasteiger partial charge in [-0.15, -0.1) is 0 Å². The lowest BCUT2D eigenvalue weighted by atomic mass is 9.84. The van der Waals surface area contributed by atoms with Gasteiger partial charge in [-0.2, -0.15) is 0 Å². The summed E-state index contributed by atoms with van der Waals surface area (Å²) in [5, 5.41) is 12.3. The van der Waals surface area contributed by atoms with E-state index in [2.05, 4.69) is 5.32 Å². The molecule has 0 radical (unpaired) electrons. The van der Waals surface area contributed by atoms with Crippen molar-refractivity contribution in [2.45, 2.75) is 63.1 Å². The molecule has 6 heteroatoms. The normalized spacial score (nSPS) is 36.1. The third-order valence-corrected chi connectivity index (χ3v) is 5.14. The Kier molecular flexibility index (Phi) is 4.33.